The zero-order valence-electron chi connectivity index (χ0n) is 15.8. The van der Waals surface area contributed by atoms with E-state index in [1.807, 2.05) is 20.9 Å². The molecule has 1 aromatic carbocycles. The Kier molecular flexibility index (Phi) is 12.8. The van der Waals surface area contributed by atoms with Crippen LogP contribution in [-0.4, -0.2) is 49.7 Å². The van der Waals surface area contributed by atoms with Gasteiger partial charge >= 0.3 is 0 Å². The summed E-state index contributed by atoms with van der Waals surface area (Å²) in [7, 11) is 2.02. The highest BCUT2D eigenvalue weighted by Crippen LogP contribution is 2.15. The quantitative estimate of drug-likeness (QED) is 0.198. The van der Waals surface area contributed by atoms with Crippen LogP contribution in [0.2, 0.25) is 0 Å². The molecule has 0 radical (unpaired) electrons. The summed E-state index contributed by atoms with van der Waals surface area (Å²) in [6, 6.07) is 8.57. The highest BCUT2D eigenvalue weighted by Gasteiger charge is 2.08. The van der Waals surface area contributed by atoms with Crippen LogP contribution in [0.4, 0.5) is 0 Å². The first-order chi connectivity index (χ1) is 11.5. The molecule has 7 heteroatoms. The van der Waals surface area contributed by atoms with Gasteiger partial charge < -0.3 is 15.5 Å². The minimum absolute atomic E-state index is 0. The molecule has 2 N–H and O–H groups in total. The van der Waals surface area contributed by atoms with E-state index in [4.69, 9.17) is 0 Å². The first-order valence-electron chi connectivity index (χ1n) is 8.38. The molecule has 0 aliphatic rings. The van der Waals surface area contributed by atoms with Gasteiger partial charge in [-0.3, -0.25) is 9.79 Å². The molecular formula is C18H31IN4OS. The summed E-state index contributed by atoms with van der Waals surface area (Å²) in [5.74, 6) is 0.928. The molecule has 25 heavy (non-hydrogen) atoms. The number of rotatable bonds is 8. The van der Waals surface area contributed by atoms with E-state index in [9.17, 15) is 4.79 Å². The maximum Gasteiger partial charge on any atom is 0.222 e. The highest BCUT2D eigenvalue weighted by atomic mass is 127. The summed E-state index contributed by atoms with van der Waals surface area (Å²) >= 11 is 1.74. The third kappa shape index (κ3) is 9.34. The topological polar surface area (TPSA) is 56.7 Å². The van der Waals surface area contributed by atoms with Crippen molar-refractivity contribution in [2.45, 2.75) is 32.2 Å². The normalized spacial score (nSPS) is 11.0. The maximum atomic E-state index is 11.6. The summed E-state index contributed by atoms with van der Waals surface area (Å²) in [4.78, 5) is 19.5. The molecule has 0 aliphatic carbocycles. The number of nitrogens with zero attached hydrogens (tertiary/aromatic N) is 2. The van der Waals surface area contributed by atoms with Crippen LogP contribution in [-0.2, 0) is 11.3 Å². The van der Waals surface area contributed by atoms with E-state index in [1.165, 1.54) is 10.5 Å². The molecule has 0 atom stereocenters. The van der Waals surface area contributed by atoms with Crippen LogP contribution in [0.3, 0.4) is 0 Å². The van der Waals surface area contributed by atoms with Crippen molar-refractivity contribution in [2.75, 3.05) is 32.9 Å². The molecule has 142 valence electrons. The Morgan fingerprint density at radius 3 is 2.40 bits per heavy atom. The van der Waals surface area contributed by atoms with E-state index in [0.717, 1.165) is 19.0 Å². The minimum atomic E-state index is 0. The van der Waals surface area contributed by atoms with Crippen LogP contribution >= 0.6 is 35.7 Å². The lowest BCUT2D eigenvalue weighted by molar-refractivity contribution is -0.123. The first kappa shape index (κ1) is 24.0. The molecular weight excluding hydrogens is 447 g/mol. The highest BCUT2D eigenvalue weighted by molar-refractivity contribution is 14.0. The minimum Gasteiger partial charge on any atom is -0.357 e. The van der Waals surface area contributed by atoms with Gasteiger partial charge in [-0.15, -0.1) is 35.7 Å². The lowest BCUT2D eigenvalue weighted by Crippen LogP contribution is -2.39. The average molecular weight is 478 g/mol. The second-order valence-corrected chi connectivity index (χ2v) is 6.77. The van der Waals surface area contributed by atoms with Crippen LogP contribution < -0.4 is 10.6 Å². The van der Waals surface area contributed by atoms with Gasteiger partial charge in [0.2, 0.25) is 5.91 Å². The Morgan fingerprint density at radius 2 is 1.88 bits per heavy atom. The number of amides is 1. The van der Waals surface area contributed by atoms with E-state index in [2.05, 4.69) is 58.0 Å². The predicted octanol–water partition coefficient (Wildman–Crippen LogP) is 3.20. The number of carbonyl (C=O) groups is 1. The van der Waals surface area contributed by atoms with Crippen LogP contribution in [0.5, 0.6) is 0 Å². The predicted molar refractivity (Wildman–Crippen MR) is 119 cm³/mol. The van der Waals surface area contributed by atoms with Gasteiger partial charge in [0.1, 0.15) is 0 Å². The van der Waals surface area contributed by atoms with Crippen molar-refractivity contribution in [1.29, 1.82) is 0 Å². The molecule has 0 aliphatic heterocycles. The largest absolute Gasteiger partial charge is 0.357 e. The Balaban J connectivity index is 0.00000576. The molecule has 1 amide bonds. The maximum absolute atomic E-state index is 11.6. The van der Waals surface area contributed by atoms with Crippen LogP contribution in [0.15, 0.2) is 34.2 Å². The zero-order valence-corrected chi connectivity index (χ0v) is 19.0. The number of hydrogen-bond donors (Lipinski definition) is 2. The van der Waals surface area contributed by atoms with E-state index in [0.29, 0.717) is 13.1 Å². The van der Waals surface area contributed by atoms with Gasteiger partial charge in [0, 0.05) is 37.5 Å². The molecule has 0 spiro atoms. The SMILES string of the molecule is CCNC(=NCCNC(=O)C(C)C)N(C)Cc1ccc(SC)cc1.I. The summed E-state index contributed by atoms with van der Waals surface area (Å²) in [6.07, 6.45) is 2.08. The number of halogens is 1. The van der Waals surface area contributed by atoms with Crippen molar-refractivity contribution < 1.29 is 4.79 Å². The van der Waals surface area contributed by atoms with Crippen molar-refractivity contribution in [3.63, 3.8) is 0 Å². The van der Waals surface area contributed by atoms with Gasteiger partial charge in [-0.2, -0.15) is 0 Å². The number of guanidine groups is 1. The summed E-state index contributed by atoms with van der Waals surface area (Å²) in [6.45, 7) is 8.55. The molecule has 0 heterocycles. The average Bonchev–Trinajstić information content (AvgIpc) is 2.57. The van der Waals surface area contributed by atoms with Gasteiger partial charge in [-0.1, -0.05) is 26.0 Å². The number of aliphatic imine (C=N–C) groups is 1. The van der Waals surface area contributed by atoms with E-state index < -0.39 is 0 Å². The molecule has 0 aromatic heterocycles. The van der Waals surface area contributed by atoms with Crippen molar-refractivity contribution in [3.8, 4) is 0 Å². The summed E-state index contributed by atoms with van der Waals surface area (Å²) in [5.41, 5.74) is 1.24. The Morgan fingerprint density at radius 1 is 1.24 bits per heavy atom. The molecule has 1 rings (SSSR count). The smallest absolute Gasteiger partial charge is 0.222 e. The van der Waals surface area contributed by atoms with Gasteiger partial charge in [0.15, 0.2) is 5.96 Å². The van der Waals surface area contributed by atoms with Crippen LogP contribution in [0, 0.1) is 5.92 Å². The Labute approximate surface area is 173 Å². The fourth-order valence-electron chi connectivity index (χ4n) is 2.09. The number of benzene rings is 1. The Bertz CT molecular complexity index is 534. The monoisotopic (exact) mass is 478 g/mol. The van der Waals surface area contributed by atoms with E-state index >= 15 is 0 Å². The third-order valence-corrected chi connectivity index (χ3v) is 4.22. The summed E-state index contributed by atoms with van der Waals surface area (Å²) < 4.78 is 0. The van der Waals surface area contributed by atoms with Gasteiger partial charge in [-0.05, 0) is 30.9 Å². The molecule has 0 bridgehead atoms. The summed E-state index contributed by atoms with van der Waals surface area (Å²) in [5, 5.41) is 6.18. The van der Waals surface area contributed by atoms with Gasteiger partial charge in [-0.25, -0.2) is 0 Å². The van der Waals surface area contributed by atoms with Crippen LogP contribution in [0.1, 0.15) is 26.3 Å². The second-order valence-electron chi connectivity index (χ2n) is 5.89. The first-order valence-corrected chi connectivity index (χ1v) is 9.60. The standard InChI is InChI=1S/C18H30N4OS.HI/c1-6-19-18(21-12-11-20-17(23)14(2)3)22(4)13-15-7-9-16(24-5)10-8-15;/h7-10,14H,6,11-13H2,1-5H3,(H,19,21)(H,20,23);1H. The van der Waals surface area contributed by atoms with Crippen molar-refractivity contribution in [3.05, 3.63) is 29.8 Å². The molecule has 1 aromatic rings. The van der Waals surface area contributed by atoms with Crippen molar-refractivity contribution in [1.82, 2.24) is 15.5 Å². The fourth-order valence-corrected chi connectivity index (χ4v) is 2.50. The molecule has 0 saturated carbocycles. The number of carbonyl (C=O) groups excluding carboxylic acids is 1. The van der Waals surface area contributed by atoms with Gasteiger partial charge in [0.05, 0.1) is 6.54 Å². The van der Waals surface area contributed by atoms with Gasteiger partial charge in [0.25, 0.3) is 0 Å². The number of nitrogens with one attached hydrogen (secondary N) is 2. The second kappa shape index (κ2) is 13.3. The number of thioether (sulfide) groups is 1. The van der Waals surface area contributed by atoms with Crippen molar-refractivity contribution >= 4 is 47.6 Å². The molecule has 0 fully saturated rings. The molecule has 0 saturated heterocycles. The Hall–Kier alpha value is -0.960. The molecule has 0 unspecified atom stereocenters. The van der Waals surface area contributed by atoms with E-state index in [-0.39, 0.29) is 35.8 Å². The fraction of sp³-hybridized carbons (Fsp3) is 0.556. The zero-order chi connectivity index (χ0) is 17.9. The number of hydrogen-bond acceptors (Lipinski definition) is 3. The lowest BCUT2D eigenvalue weighted by atomic mass is 10.2. The molecule has 5 nitrogen and oxygen atoms in total. The lowest BCUT2D eigenvalue weighted by Gasteiger charge is -2.22. The van der Waals surface area contributed by atoms with Crippen LogP contribution in [0.25, 0.3) is 0 Å². The van der Waals surface area contributed by atoms with E-state index in [1.54, 1.807) is 11.8 Å². The van der Waals surface area contributed by atoms with Crippen molar-refractivity contribution in [2.24, 2.45) is 10.9 Å². The third-order valence-electron chi connectivity index (χ3n) is 3.47.